The molecule has 1 saturated heterocycles. The molecule has 7 nitrogen and oxygen atoms in total. The molecule has 2 N–H and O–H groups in total. The number of aromatic nitrogens is 2. The fourth-order valence-electron chi connectivity index (χ4n) is 3.05. The van der Waals surface area contributed by atoms with Crippen LogP contribution in [0.3, 0.4) is 0 Å². The molecule has 0 unspecified atom stereocenters. The van der Waals surface area contributed by atoms with Gasteiger partial charge in [-0.25, -0.2) is 9.78 Å². The molecule has 0 radical (unpaired) electrons. The third-order valence-electron chi connectivity index (χ3n) is 4.52. The SMILES string of the molecule is Cc1ccc(C(=O)N[C@H](C)c2cn3ccsc3n2)cc1N1CCNC1=O. The van der Waals surface area contributed by atoms with Crippen molar-refractivity contribution in [3.05, 3.63) is 52.8 Å². The Balaban J connectivity index is 1.54. The van der Waals surface area contributed by atoms with Crippen molar-refractivity contribution in [1.82, 2.24) is 20.0 Å². The zero-order valence-corrected chi connectivity index (χ0v) is 15.3. The molecule has 0 saturated carbocycles. The average Bonchev–Trinajstić information content (AvgIpc) is 3.31. The maximum Gasteiger partial charge on any atom is 0.322 e. The molecule has 3 amide bonds. The molecule has 1 aliphatic heterocycles. The lowest BCUT2D eigenvalue weighted by Gasteiger charge is -2.18. The number of carbonyl (C=O) groups is 2. The fourth-order valence-corrected chi connectivity index (χ4v) is 3.76. The largest absolute Gasteiger partial charge is 0.344 e. The summed E-state index contributed by atoms with van der Waals surface area (Å²) in [6.07, 6.45) is 3.87. The predicted molar refractivity (Wildman–Crippen MR) is 101 cm³/mol. The van der Waals surface area contributed by atoms with Gasteiger partial charge in [-0.05, 0) is 31.5 Å². The Hall–Kier alpha value is -2.87. The molecule has 1 aromatic carbocycles. The maximum atomic E-state index is 12.7. The summed E-state index contributed by atoms with van der Waals surface area (Å²) in [5, 5.41) is 7.74. The highest BCUT2D eigenvalue weighted by Crippen LogP contribution is 2.24. The molecular weight excluding hydrogens is 350 g/mol. The summed E-state index contributed by atoms with van der Waals surface area (Å²) in [7, 11) is 0. The van der Waals surface area contributed by atoms with Gasteiger partial charge in [-0.3, -0.25) is 14.1 Å². The number of carbonyl (C=O) groups excluding carboxylic acids is 2. The van der Waals surface area contributed by atoms with Crippen LogP contribution in [0.4, 0.5) is 10.5 Å². The van der Waals surface area contributed by atoms with Crippen LogP contribution in [-0.2, 0) is 0 Å². The number of imidazole rings is 1. The Morgan fingerprint density at radius 3 is 3.00 bits per heavy atom. The van der Waals surface area contributed by atoms with Crippen molar-refractivity contribution >= 4 is 33.9 Å². The van der Waals surface area contributed by atoms with Gasteiger partial charge in [-0.1, -0.05) is 6.07 Å². The first kappa shape index (κ1) is 16.6. The molecule has 0 bridgehead atoms. The summed E-state index contributed by atoms with van der Waals surface area (Å²) in [4.78, 5) is 31.7. The van der Waals surface area contributed by atoms with Gasteiger partial charge in [0.15, 0.2) is 4.96 Å². The Kier molecular flexibility index (Phi) is 4.12. The molecule has 134 valence electrons. The molecular formula is C18H19N5O2S. The summed E-state index contributed by atoms with van der Waals surface area (Å²) in [5.74, 6) is -0.185. The Morgan fingerprint density at radius 1 is 1.42 bits per heavy atom. The molecule has 1 aliphatic rings. The van der Waals surface area contributed by atoms with Gasteiger partial charge in [0.25, 0.3) is 5.91 Å². The van der Waals surface area contributed by atoms with Crippen LogP contribution in [0.15, 0.2) is 36.0 Å². The lowest BCUT2D eigenvalue weighted by molar-refractivity contribution is 0.0939. The normalized spacial score (nSPS) is 15.3. The third-order valence-corrected chi connectivity index (χ3v) is 5.29. The van der Waals surface area contributed by atoms with Gasteiger partial charge in [0.05, 0.1) is 11.7 Å². The minimum absolute atomic E-state index is 0.128. The maximum absolute atomic E-state index is 12.7. The number of amides is 3. The molecule has 0 aliphatic carbocycles. The number of urea groups is 1. The van der Waals surface area contributed by atoms with E-state index in [1.54, 1.807) is 28.4 Å². The minimum Gasteiger partial charge on any atom is -0.344 e. The summed E-state index contributed by atoms with van der Waals surface area (Å²) in [5.41, 5.74) is 3.07. The van der Waals surface area contributed by atoms with Gasteiger partial charge in [0, 0.05) is 42.1 Å². The lowest BCUT2D eigenvalue weighted by atomic mass is 10.1. The van der Waals surface area contributed by atoms with Crippen molar-refractivity contribution < 1.29 is 9.59 Å². The number of rotatable bonds is 4. The molecule has 2 aromatic heterocycles. The average molecular weight is 369 g/mol. The number of hydrogen-bond acceptors (Lipinski definition) is 4. The molecule has 4 rings (SSSR count). The van der Waals surface area contributed by atoms with Crippen molar-refractivity contribution in [2.24, 2.45) is 0 Å². The van der Waals surface area contributed by atoms with Crippen LogP contribution >= 0.6 is 11.3 Å². The van der Waals surface area contributed by atoms with E-state index in [9.17, 15) is 9.59 Å². The molecule has 8 heteroatoms. The van der Waals surface area contributed by atoms with Crippen LogP contribution in [0.1, 0.15) is 34.6 Å². The lowest BCUT2D eigenvalue weighted by Crippen LogP contribution is -2.30. The summed E-state index contributed by atoms with van der Waals surface area (Å²) in [6, 6.07) is 5.08. The highest BCUT2D eigenvalue weighted by Gasteiger charge is 2.24. The molecule has 1 atom stereocenters. The van der Waals surface area contributed by atoms with E-state index in [0.717, 1.165) is 21.9 Å². The van der Waals surface area contributed by atoms with Gasteiger partial charge in [0.2, 0.25) is 0 Å². The van der Waals surface area contributed by atoms with E-state index in [4.69, 9.17) is 0 Å². The predicted octanol–water partition coefficient (Wildman–Crippen LogP) is 2.72. The molecule has 3 aromatic rings. The van der Waals surface area contributed by atoms with Crippen LogP contribution in [0, 0.1) is 6.92 Å². The van der Waals surface area contributed by atoms with Gasteiger partial charge in [0.1, 0.15) is 0 Å². The molecule has 3 heterocycles. The zero-order valence-electron chi connectivity index (χ0n) is 14.5. The summed E-state index contributed by atoms with van der Waals surface area (Å²) >= 11 is 1.55. The van der Waals surface area contributed by atoms with Crippen LogP contribution in [0.2, 0.25) is 0 Å². The van der Waals surface area contributed by atoms with Crippen molar-refractivity contribution in [3.63, 3.8) is 0 Å². The van der Waals surface area contributed by atoms with Crippen molar-refractivity contribution in [2.45, 2.75) is 19.9 Å². The number of hydrogen-bond donors (Lipinski definition) is 2. The van der Waals surface area contributed by atoms with E-state index in [0.29, 0.717) is 18.7 Å². The number of benzene rings is 1. The number of nitrogens with one attached hydrogen (secondary N) is 2. The van der Waals surface area contributed by atoms with Crippen LogP contribution in [-0.4, -0.2) is 34.4 Å². The van der Waals surface area contributed by atoms with Crippen LogP contribution in [0.25, 0.3) is 4.96 Å². The van der Waals surface area contributed by atoms with Crippen molar-refractivity contribution in [1.29, 1.82) is 0 Å². The van der Waals surface area contributed by atoms with Gasteiger partial charge >= 0.3 is 6.03 Å². The number of nitrogens with zero attached hydrogens (tertiary/aromatic N) is 3. The van der Waals surface area contributed by atoms with Crippen LogP contribution in [0.5, 0.6) is 0 Å². The second-order valence-corrected chi connectivity index (χ2v) is 7.21. The second kappa shape index (κ2) is 6.45. The van der Waals surface area contributed by atoms with E-state index in [1.165, 1.54) is 0 Å². The van der Waals surface area contributed by atoms with E-state index in [2.05, 4.69) is 15.6 Å². The topological polar surface area (TPSA) is 78.7 Å². The van der Waals surface area contributed by atoms with E-state index in [-0.39, 0.29) is 18.0 Å². The van der Waals surface area contributed by atoms with E-state index >= 15 is 0 Å². The minimum atomic E-state index is -0.213. The first-order valence-corrected chi connectivity index (χ1v) is 9.30. The number of fused-ring (bicyclic) bond motifs is 1. The first-order valence-electron chi connectivity index (χ1n) is 8.42. The molecule has 26 heavy (non-hydrogen) atoms. The highest BCUT2D eigenvalue weighted by molar-refractivity contribution is 7.15. The first-order chi connectivity index (χ1) is 12.5. The summed E-state index contributed by atoms with van der Waals surface area (Å²) < 4.78 is 1.94. The number of aryl methyl sites for hydroxylation is 1. The zero-order chi connectivity index (χ0) is 18.3. The van der Waals surface area contributed by atoms with Crippen LogP contribution < -0.4 is 15.5 Å². The monoisotopic (exact) mass is 369 g/mol. The number of thiazole rings is 1. The molecule has 0 spiro atoms. The third kappa shape index (κ3) is 2.92. The Morgan fingerprint density at radius 2 is 2.27 bits per heavy atom. The van der Waals surface area contributed by atoms with Gasteiger partial charge in [-0.15, -0.1) is 11.3 Å². The standard InChI is InChI=1S/C18H19N5O2S/c1-11-3-4-13(9-15(11)23-6-5-19-17(23)25)16(24)20-12(2)14-10-22-7-8-26-18(22)21-14/h3-4,7-10,12H,5-6H2,1-2H3,(H,19,25)(H,20,24)/t12-/m1/s1. The van der Waals surface area contributed by atoms with Crippen molar-refractivity contribution in [3.8, 4) is 0 Å². The van der Waals surface area contributed by atoms with E-state index < -0.39 is 0 Å². The van der Waals surface area contributed by atoms with E-state index in [1.807, 2.05) is 42.1 Å². The molecule has 1 fully saturated rings. The number of anilines is 1. The quantitative estimate of drug-likeness (QED) is 0.742. The fraction of sp³-hybridized carbons (Fsp3) is 0.278. The Bertz CT molecular complexity index is 964. The highest BCUT2D eigenvalue weighted by atomic mass is 32.1. The Labute approximate surface area is 154 Å². The van der Waals surface area contributed by atoms with Gasteiger partial charge in [-0.2, -0.15) is 0 Å². The smallest absolute Gasteiger partial charge is 0.322 e. The van der Waals surface area contributed by atoms with Crippen molar-refractivity contribution in [2.75, 3.05) is 18.0 Å². The summed E-state index contributed by atoms with van der Waals surface area (Å²) in [6.45, 7) is 5.06. The van der Waals surface area contributed by atoms with Gasteiger partial charge < -0.3 is 10.6 Å². The second-order valence-electron chi connectivity index (χ2n) is 6.34.